The fourth-order valence-electron chi connectivity index (χ4n) is 3.25. The van der Waals surface area contributed by atoms with Crippen LogP contribution < -0.4 is 20.1 Å². The van der Waals surface area contributed by atoms with Crippen LogP contribution in [0.5, 0.6) is 11.5 Å². The topological polar surface area (TPSA) is 121 Å². The highest BCUT2D eigenvalue weighted by Gasteiger charge is 2.18. The molecule has 11 heteroatoms. The first-order valence-electron chi connectivity index (χ1n) is 10.6. The number of urea groups is 1. The molecule has 0 saturated carbocycles. The summed E-state index contributed by atoms with van der Waals surface area (Å²) in [6.45, 7) is 5.55. The Labute approximate surface area is 195 Å². The van der Waals surface area contributed by atoms with E-state index in [1.54, 1.807) is 24.5 Å². The number of aromatic nitrogens is 3. The van der Waals surface area contributed by atoms with Crippen molar-refractivity contribution in [1.82, 2.24) is 20.1 Å². The number of rotatable bonds is 8. The quantitative estimate of drug-likeness (QED) is 0.478. The summed E-state index contributed by atoms with van der Waals surface area (Å²) < 4.78 is 18.4. The van der Waals surface area contributed by atoms with Gasteiger partial charge in [-0.05, 0) is 24.3 Å². The van der Waals surface area contributed by atoms with E-state index in [9.17, 15) is 9.59 Å². The standard InChI is InChI=1S/C22H25N5O5S/c1-14(2)20-25-26-22(27(20)13-16-4-3-8-30-16)33-11-7-19(28)24-21(29)23-15-5-6-17-18(12-15)32-10-9-31-17/h3-6,8,12,14H,7,9-11,13H2,1-2H3,(H2,23,24,28,29). The molecule has 0 aliphatic carbocycles. The van der Waals surface area contributed by atoms with Crippen molar-refractivity contribution in [3.63, 3.8) is 0 Å². The number of nitrogens with one attached hydrogen (secondary N) is 2. The van der Waals surface area contributed by atoms with E-state index in [-0.39, 0.29) is 12.3 Å². The maximum absolute atomic E-state index is 12.2. The number of anilines is 1. The molecule has 0 bridgehead atoms. The largest absolute Gasteiger partial charge is 0.486 e. The summed E-state index contributed by atoms with van der Waals surface area (Å²) in [6.07, 6.45) is 1.77. The summed E-state index contributed by atoms with van der Waals surface area (Å²) in [4.78, 5) is 24.4. The molecule has 1 aliphatic rings. The van der Waals surface area contributed by atoms with Crippen molar-refractivity contribution in [3.05, 3.63) is 48.2 Å². The minimum absolute atomic E-state index is 0.143. The molecule has 4 rings (SSSR count). The van der Waals surface area contributed by atoms with Crippen LogP contribution in [0.25, 0.3) is 0 Å². The van der Waals surface area contributed by atoms with E-state index in [4.69, 9.17) is 13.9 Å². The van der Waals surface area contributed by atoms with Gasteiger partial charge in [0.25, 0.3) is 0 Å². The predicted molar refractivity (Wildman–Crippen MR) is 122 cm³/mol. The molecule has 0 unspecified atom stereocenters. The number of hydrogen-bond acceptors (Lipinski definition) is 8. The highest BCUT2D eigenvalue weighted by Crippen LogP contribution is 2.32. The van der Waals surface area contributed by atoms with Crippen molar-refractivity contribution >= 4 is 29.4 Å². The minimum Gasteiger partial charge on any atom is -0.486 e. The zero-order valence-corrected chi connectivity index (χ0v) is 19.2. The van der Waals surface area contributed by atoms with E-state index in [2.05, 4.69) is 20.8 Å². The number of hydrogen-bond donors (Lipinski definition) is 2. The lowest BCUT2D eigenvalue weighted by atomic mass is 10.2. The third kappa shape index (κ3) is 5.86. The number of benzene rings is 1. The third-order valence-corrected chi connectivity index (χ3v) is 5.74. The van der Waals surface area contributed by atoms with Crippen LogP contribution in [0.15, 0.2) is 46.2 Å². The van der Waals surface area contributed by atoms with Crippen LogP contribution in [0.4, 0.5) is 10.5 Å². The second kappa shape index (κ2) is 10.4. The van der Waals surface area contributed by atoms with E-state index in [1.807, 2.05) is 30.5 Å². The second-order valence-corrected chi connectivity index (χ2v) is 8.68. The molecular formula is C22H25N5O5S. The zero-order chi connectivity index (χ0) is 23.2. The Morgan fingerprint density at radius 1 is 1.15 bits per heavy atom. The maximum atomic E-state index is 12.2. The lowest BCUT2D eigenvalue weighted by Gasteiger charge is -2.19. The lowest BCUT2D eigenvalue weighted by molar-refractivity contribution is -0.119. The average Bonchev–Trinajstić information content (AvgIpc) is 3.44. The molecule has 0 saturated heterocycles. The highest BCUT2D eigenvalue weighted by molar-refractivity contribution is 7.99. The third-order valence-electron chi connectivity index (χ3n) is 4.77. The number of ether oxygens (including phenoxy) is 2. The van der Waals surface area contributed by atoms with Crippen molar-refractivity contribution in [3.8, 4) is 11.5 Å². The fourth-order valence-corrected chi connectivity index (χ4v) is 4.13. The molecule has 3 heterocycles. The maximum Gasteiger partial charge on any atom is 0.325 e. The van der Waals surface area contributed by atoms with Gasteiger partial charge >= 0.3 is 6.03 Å². The van der Waals surface area contributed by atoms with Gasteiger partial charge in [0, 0.05) is 29.8 Å². The molecule has 0 atom stereocenters. The number of carbonyl (C=O) groups is 2. The van der Waals surface area contributed by atoms with Gasteiger partial charge in [-0.1, -0.05) is 25.6 Å². The van der Waals surface area contributed by atoms with Gasteiger partial charge in [0.1, 0.15) is 24.8 Å². The number of thioether (sulfide) groups is 1. The second-order valence-electron chi connectivity index (χ2n) is 7.62. The Kier molecular flexibility index (Phi) is 7.18. The van der Waals surface area contributed by atoms with Gasteiger partial charge in [-0.15, -0.1) is 10.2 Å². The van der Waals surface area contributed by atoms with Crippen molar-refractivity contribution < 1.29 is 23.5 Å². The molecule has 174 valence electrons. The number of amides is 3. The van der Waals surface area contributed by atoms with Gasteiger partial charge in [0.15, 0.2) is 16.7 Å². The SMILES string of the molecule is CC(C)c1nnc(SCCC(=O)NC(=O)Nc2ccc3c(c2)OCCO3)n1Cc1ccco1. The number of fused-ring (bicyclic) bond motifs is 1. The predicted octanol–water partition coefficient (Wildman–Crippen LogP) is 3.64. The van der Waals surface area contributed by atoms with Crippen molar-refractivity contribution in [2.75, 3.05) is 24.3 Å². The van der Waals surface area contributed by atoms with Gasteiger partial charge < -0.3 is 19.2 Å². The molecule has 0 fully saturated rings. The molecule has 0 spiro atoms. The van der Waals surface area contributed by atoms with E-state index in [0.717, 1.165) is 11.6 Å². The fraction of sp³-hybridized carbons (Fsp3) is 0.364. The van der Waals surface area contributed by atoms with Gasteiger partial charge in [-0.3, -0.25) is 14.7 Å². The molecule has 33 heavy (non-hydrogen) atoms. The van der Waals surface area contributed by atoms with E-state index in [1.165, 1.54) is 11.8 Å². The molecule has 1 aromatic carbocycles. The Morgan fingerprint density at radius 2 is 1.97 bits per heavy atom. The summed E-state index contributed by atoms with van der Waals surface area (Å²) >= 11 is 1.41. The molecule has 0 radical (unpaired) electrons. The first-order chi connectivity index (χ1) is 16.0. The van der Waals surface area contributed by atoms with Crippen molar-refractivity contribution in [2.24, 2.45) is 0 Å². The van der Waals surface area contributed by atoms with Crippen LogP contribution in [0, 0.1) is 0 Å². The smallest absolute Gasteiger partial charge is 0.325 e. The molecule has 3 aromatic rings. The number of nitrogens with zero attached hydrogens (tertiary/aromatic N) is 3. The number of carbonyl (C=O) groups excluding carboxylic acids is 2. The normalized spacial score (nSPS) is 12.6. The average molecular weight is 472 g/mol. The van der Waals surface area contributed by atoms with Crippen LogP contribution in [0.2, 0.25) is 0 Å². The van der Waals surface area contributed by atoms with E-state index in [0.29, 0.717) is 47.9 Å². The Morgan fingerprint density at radius 3 is 2.73 bits per heavy atom. The summed E-state index contributed by atoms with van der Waals surface area (Å²) in [7, 11) is 0. The first-order valence-corrected chi connectivity index (χ1v) is 11.6. The lowest BCUT2D eigenvalue weighted by Crippen LogP contribution is -2.34. The number of furan rings is 1. The van der Waals surface area contributed by atoms with Crippen LogP contribution in [0.1, 0.15) is 37.8 Å². The Hall–Kier alpha value is -3.47. The molecule has 10 nitrogen and oxygen atoms in total. The summed E-state index contributed by atoms with van der Waals surface area (Å²) in [5.74, 6) is 3.07. The molecule has 1 aliphatic heterocycles. The van der Waals surface area contributed by atoms with Crippen molar-refractivity contribution in [1.29, 1.82) is 0 Å². The van der Waals surface area contributed by atoms with E-state index >= 15 is 0 Å². The van der Waals surface area contributed by atoms with Gasteiger partial charge in [0.05, 0.1) is 12.8 Å². The monoisotopic (exact) mass is 471 g/mol. The minimum atomic E-state index is -0.607. The summed E-state index contributed by atoms with van der Waals surface area (Å²) in [5, 5.41) is 14.2. The van der Waals surface area contributed by atoms with E-state index < -0.39 is 11.9 Å². The van der Waals surface area contributed by atoms with Crippen LogP contribution in [-0.2, 0) is 11.3 Å². The van der Waals surface area contributed by atoms with Crippen molar-refractivity contribution in [2.45, 2.75) is 37.9 Å². The molecule has 2 N–H and O–H groups in total. The highest BCUT2D eigenvalue weighted by atomic mass is 32.2. The first kappa shape index (κ1) is 22.7. The molecule has 3 amide bonds. The van der Waals surface area contributed by atoms with Crippen LogP contribution in [0.3, 0.4) is 0 Å². The van der Waals surface area contributed by atoms with Gasteiger partial charge in [-0.2, -0.15) is 0 Å². The Bertz CT molecular complexity index is 1110. The number of imide groups is 1. The summed E-state index contributed by atoms with van der Waals surface area (Å²) in [5.41, 5.74) is 0.506. The van der Waals surface area contributed by atoms with Gasteiger partial charge in [0.2, 0.25) is 5.91 Å². The molecular weight excluding hydrogens is 446 g/mol. The Balaban J connectivity index is 1.27. The van der Waals surface area contributed by atoms with Crippen LogP contribution >= 0.6 is 11.8 Å². The molecule has 2 aromatic heterocycles. The van der Waals surface area contributed by atoms with Crippen LogP contribution in [-0.4, -0.2) is 45.7 Å². The zero-order valence-electron chi connectivity index (χ0n) is 18.4. The summed E-state index contributed by atoms with van der Waals surface area (Å²) in [6, 6.07) is 8.18. The van der Waals surface area contributed by atoms with Gasteiger partial charge in [-0.25, -0.2) is 4.79 Å².